The molecule has 0 spiro atoms. The molecule has 0 amide bonds. The molecule has 9 heteroatoms. The van der Waals surface area contributed by atoms with Gasteiger partial charge in [-0.3, -0.25) is 4.98 Å². The number of benzene rings is 1. The summed E-state index contributed by atoms with van der Waals surface area (Å²) in [5.41, 5.74) is 1.63. The van der Waals surface area contributed by atoms with Gasteiger partial charge in [-0.15, -0.1) is 5.10 Å². The predicted octanol–water partition coefficient (Wildman–Crippen LogP) is 3.89. The summed E-state index contributed by atoms with van der Waals surface area (Å²) in [5.74, 6) is -1.83. The van der Waals surface area contributed by atoms with Crippen LogP contribution < -0.4 is 5.32 Å². The van der Waals surface area contributed by atoms with Crippen LogP contribution in [0.3, 0.4) is 0 Å². The number of aromatic nitrogens is 4. The van der Waals surface area contributed by atoms with E-state index in [1.807, 2.05) is 0 Å². The van der Waals surface area contributed by atoms with E-state index in [4.69, 9.17) is 0 Å². The van der Waals surface area contributed by atoms with Crippen molar-refractivity contribution >= 4 is 11.6 Å². The molecule has 2 aromatic heterocycles. The van der Waals surface area contributed by atoms with Gasteiger partial charge in [-0.25, -0.2) is 9.07 Å². The SMILES string of the molecule is Fc1cccc([C@@H]2C=C(c3cccnc3)Nc3nc(C(F)(F)F)nn32)c1. The Morgan fingerprint density at radius 3 is 2.65 bits per heavy atom. The second kappa shape index (κ2) is 5.94. The Bertz CT molecular complexity index is 978. The van der Waals surface area contributed by atoms with Gasteiger partial charge in [0.25, 0.3) is 5.82 Å². The lowest BCUT2D eigenvalue weighted by atomic mass is 10.0. The maximum Gasteiger partial charge on any atom is 0.453 e. The van der Waals surface area contributed by atoms with Gasteiger partial charge in [0, 0.05) is 23.7 Å². The minimum Gasteiger partial charge on any atom is -0.324 e. The summed E-state index contributed by atoms with van der Waals surface area (Å²) < 4.78 is 53.8. The van der Waals surface area contributed by atoms with E-state index in [2.05, 4.69) is 20.4 Å². The first-order valence-corrected chi connectivity index (χ1v) is 7.60. The monoisotopic (exact) mass is 361 g/mol. The molecule has 0 saturated heterocycles. The Labute approximate surface area is 145 Å². The molecule has 1 N–H and O–H groups in total. The van der Waals surface area contributed by atoms with Crippen LogP contribution in [0, 0.1) is 5.82 Å². The number of halogens is 4. The highest BCUT2D eigenvalue weighted by Crippen LogP contribution is 2.35. The number of nitrogens with zero attached hydrogens (tertiary/aromatic N) is 4. The summed E-state index contributed by atoms with van der Waals surface area (Å²) >= 11 is 0. The van der Waals surface area contributed by atoms with Crippen LogP contribution >= 0.6 is 0 Å². The Morgan fingerprint density at radius 2 is 1.96 bits per heavy atom. The molecular formula is C17H11F4N5. The van der Waals surface area contributed by atoms with E-state index in [0.29, 0.717) is 16.8 Å². The van der Waals surface area contributed by atoms with E-state index < -0.39 is 23.9 Å². The van der Waals surface area contributed by atoms with Crippen LogP contribution in [0.4, 0.5) is 23.5 Å². The van der Waals surface area contributed by atoms with Crippen molar-refractivity contribution in [1.82, 2.24) is 19.7 Å². The van der Waals surface area contributed by atoms with Crippen molar-refractivity contribution in [2.24, 2.45) is 0 Å². The fourth-order valence-electron chi connectivity index (χ4n) is 2.73. The Morgan fingerprint density at radius 1 is 1.12 bits per heavy atom. The van der Waals surface area contributed by atoms with E-state index >= 15 is 0 Å². The van der Waals surface area contributed by atoms with Gasteiger partial charge in [0.1, 0.15) is 11.9 Å². The highest BCUT2D eigenvalue weighted by atomic mass is 19.4. The number of alkyl halides is 3. The Balaban J connectivity index is 1.86. The third kappa shape index (κ3) is 2.92. The molecule has 1 aliphatic heterocycles. The molecule has 1 atom stereocenters. The summed E-state index contributed by atoms with van der Waals surface area (Å²) in [6, 6.07) is 8.34. The Kier molecular flexibility index (Phi) is 3.71. The molecule has 3 aromatic rings. The lowest BCUT2D eigenvalue weighted by molar-refractivity contribution is -0.145. The number of pyridine rings is 1. The number of rotatable bonds is 2. The van der Waals surface area contributed by atoms with E-state index in [-0.39, 0.29) is 5.95 Å². The van der Waals surface area contributed by atoms with Crippen molar-refractivity contribution < 1.29 is 17.6 Å². The zero-order valence-electron chi connectivity index (χ0n) is 13.1. The molecule has 26 heavy (non-hydrogen) atoms. The summed E-state index contributed by atoms with van der Waals surface area (Å²) in [6.45, 7) is 0. The number of anilines is 1. The van der Waals surface area contributed by atoms with Crippen LogP contribution in [0.5, 0.6) is 0 Å². The molecule has 0 bridgehead atoms. The zero-order chi connectivity index (χ0) is 18.3. The average Bonchev–Trinajstić information content (AvgIpc) is 3.06. The van der Waals surface area contributed by atoms with Crippen LogP contribution in [0.15, 0.2) is 54.9 Å². The molecule has 0 aliphatic carbocycles. The molecule has 1 aromatic carbocycles. The van der Waals surface area contributed by atoms with Gasteiger partial charge < -0.3 is 5.32 Å². The quantitative estimate of drug-likeness (QED) is 0.704. The van der Waals surface area contributed by atoms with Crippen LogP contribution in [0.1, 0.15) is 23.0 Å². The molecule has 0 saturated carbocycles. The fraction of sp³-hybridized carbons (Fsp3) is 0.118. The normalized spacial score (nSPS) is 16.6. The van der Waals surface area contributed by atoms with Crippen molar-refractivity contribution in [2.75, 3.05) is 5.32 Å². The van der Waals surface area contributed by atoms with Gasteiger partial charge in [-0.05, 0) is 35.9 Å². The maximum absolute atomic E-state index is 13.6. The minimum absolute atomic E-state index is 0.0760. The number of hydrogen-bond donors (Lipinski definition) is 1. The summed E-state index contributed by atoms with van der Waals surface area (Å²) in [6.07, 6.45) is 0.125. The molecule has 5 nitrogen and oxygen atoms in total. The second-order valence-corrected chi connectivity index (χ2v) is 5.65. The van der Waals surface area contributed by atoms with Crippen molar-refractivity contribution in [3.63, 3.8) is 0 Å². The van der Waals surface area contributed by atoms with Crippen LogP contribution in [-0.2, 0) is 6.18 Å². The van der Waals surface area contributed by atoms with Gasteiger partial charge in [-0.2, -0.15) is 18.2 Å². The number of nitrogens with one attached hydrogen (secondary N) is 1. The molecule has 132 valence electrons. The minimum atomic E-state index is -4.69. The molecule has 0 radical (unpaired) electrons. The van der Waals surface area contributed by atoms with E-state index in [1.54, 1.807) is 36.7 Å². The third-order valence-corrected chi connectivity index (χ3v) is 3.88. The van der Waals surface area contributed by atoms with Gasteiger partial charge >= 0.3 is 6.18 Å². The van der Waals surface area contributed by atoms with Gasteiger partial charge in [0.05, 0.1) is 0 Å². The number of fused-ring (bicyclic) bond motifs is 1. The van der Waals surface area contributed by atoms with Crippen LogP contribution in [0.2, 0.25) is 0 Å². The van der Waals surface area contributed by atoms with Gasteiger partial charge in [0.2, 0.25) is 5.95 Å². The zero-order valence-corrected chi connectivity index (χ0v) is 13.1. The first kappa shape index (κ1) is 16.2. The van der Waals surface area contributed by atoms with E-state index in [0.717, 1.165) is 4.68 Å². The Hall–Kier alpha value is -3.23. The molecular weight excluding hydrogens is 350 g/mol. The molecule has 1 aliphatic rings. The lowest BCUT2D eigenvalue weighted by Crippen LogP contribution is -2.20. The van der Waals surface area contributed by atoms with Crippen LogP contribution in [0.25, 0.3) is 5.70 Å². The van der Waals surface area contributed by atoms with Gasteiger partial charge in [-0.1, -0.05) is 12.1 Å². The molecule has 0 fully saturated rings. The summed E-state index contributed by atoms with van der Waals surface area (Å²) in [5, 5.41) is 6.41. The highest BCUT2D eigenvalue weighted by molar-refractivity contribution is 5.76. The van der Waals surface area contributed by atoms with E-state index in [9.17, 15) is 17.6 Å². The summed E-state index contributed by atoms with van der Waals surface area (Å²) in [4.78, 5) is 7.57. The molecule has 4 rings (SSSR count). The van der Waals surface area contributed by atoms with Crippen molar-refractivity contribution in [3.8, 4) is 0 Å². The van der Waals surface area contributed by atoms with Crippen molar-refractivity contribution in [3.05, 3.63) is 77.6 Å². The topological polar surface area (TPSA) is 55.6 Å². The highest BCUT2D eigenvalue weighted by Gasteiger charge is 2.39. The smallest absolute Gasteiger partial charge is 0.324 e. The summed E-state index contributed by atoms with van der Waals surface area (Å²) in [7, 11) is 0. The standard InChI is InChI=1S/C17H11F4N5/c18-12-5-1-3-10(7-12)14-8-13(11-4-2-6-22-9-11)23-16-24-15(17(19,20)21)25-26(14)16/h1-9,14H,(H,23,24,25)/t14-/m0/s1. The first-order chi connectivity index (χ1) is 12.4. The van der Waals surface area contributed by atoms with Crippen LogP contribution in [-0.4, -0.2) is 19.7 Å². The van der Waals surface area contributed by atoms with E-state index in [1.165, 1.54) is 18.2 Å². The maximum atomic E-state index is 13.6. The fourth-order valence-corrected chi connectivity index (χ4v) is 2.73. The average molecular weight is 361 g/mol. The second-order valence-electron chi connectivity index (χ2n) is 5.65. The van der Waals surface area contributed by atoms with Crippen molar-refractivity contribution in [2.45, 2.75) is 12.2 Å². The molecule has 3 heterocycles. The number of hydrogen-bond acceptors (Lipinski definition) is 4. The number of allylic oxidation sites excluding steroid dienone is 1. The third-order valence-electron chi connectivity index (χ3n) is 3.88. The lowest BCUT2D eigenvalue weighted by Gasteiger charge is -2.24. The predicted molar refractivity (Wildman–Crippen MR) is 85.4 cm³/mol. The first-order valence-electron chi connectivity index (χ1n) is 7.60. The molecule has 0 unspecified atom stereocenters. The largest absolute Gasteiger partial charge is 0.453 e. The van der Waals surface area contributed by atoms with Gasteiger partial charge in [0.15, 0.2) is 0 Å². The van der Waals surface area contributed by atoms with Crippen molar-refractivity contribution in [1.29, 1.82) is 0 Å².